The van der Waals surface area contributed by atoms with Crippen molar-refractivity contribution in [1.82, 2.24) is 9.97 Å². The molecular weight excluding hydrogens is 206 g/mol. The Bertz CT molecular complexity index is 350. The van der Waals surface area contributed by atoms with Crippen LogP contribution in [0, 0.1) is 10.1 Å². The molecule has 1 rings (SSSR count). The average molecular weight is 215 g/mol. The highest BCUT2D eigenvalue weighted by molar-refractivity contribution is 5.37. The lowest BCUT2D eigenvalue weighted by Crippen LogP contribution is -2.18. The number of rotatable bonds is 6. The normalized spacial score (nSPS) is 12.1. The maximum Gasteiger partial charge on any atom is 0.340 e. The predicted octanol–water partition coefficient (Wildman–Crippen LogP) is 0.00590. The third kappa shape index (κ3) is 3.02. The largest absolute Gasteiger partial charge is 0.437 e. The minimum Gasteiger partial charge on any atom is -0.437 e. The van der Waals surface area contributed by atoms with Crippen molar-refractivity contribution in [1.29, 1.82) is 0 Å². The zero-order valence-electron chi connectivity index (χ0n) is 7.87. The van der Waals surface area contributed by atoms with Gasteiger partial charge in [0.1, 0.15) is 6.20 Å². The van der Waals surface area contributed by atoms with Gasteiger partial charge in [0.05, 0.1) is 6.42 Å². The first-order valence-corrected chi connectivity index (χ1v) is 3.97. The molecule has 1 atom stereocenters. The van der Waals surface area contributed by atoms with Crippen LogP contribution in [0.15, 0.2) is 6.20 Å². The molecule has 0 saturated heterocycles. The van der Waals surface area contributed by atoms with Crippen LogP contribution in [-0.4, -0.2) is 34.8 Å². The van der Waals surface area contributed by atoms with Crippen molar-refractivity contribution < 1.29 is 19.2 Å². The van der Waals surface area contributed by atoms with Crippen LogP contribution in [0.5, 0.6) is 0 Å². The lowest BCUT2D eigenvalue weighted by atomic mass is 10.4. The number of aromatic nitrogens is 2. The van der Waals surface area contributed by atoms with E-state index in [9.17, 15) is 14.9 Å². The maximum atomic E-state index is 10.3. The number of aromatic amines is 1. The lowest BCUT2D eigenvalue weighted by Gasteiger charge is -2.09. The molecule has 1 unspecified atom stereocenters. The van der Waals surface area contributed by atoms with E-state index in [1.807, 2.05) is 0 Å². The minimum atomic E-state index is -0.798. The third-order valence-corrected chi connectivity index (χ3v) is 1.64. The number of nitrogens with zero attached hydrogens (tertiary/aromatic N) is 2. The molecule has 0 aliphatic carbocycles. The van der Waals surface area contributed by atoms with Gasteiger partial charge in [0.2, 0.25) is 12.1 Å². The van der Waals surface area contributed by atoms with Crippen molar-refractivity contribution in [3.05, 3.63) is 22.1 Å². The van der Waals surface area contributed by atoms with Crippen LogP contribution in [0.4, 0.5) is 5.82 Å². The molecule has 0 amide bonds. The molecule has 1 N–H and O–H groups in total. The molecule has 1 aromatic heterocycles. The Kier molecular flexibility index (Phi) is 3.75. The van der Waals surface area contributed by atoms with Gasteiger partial charge in [0.25, 0.3) is 6.47 Å². The van der Waals surface area contributed by atoms with Gasteiger partial charge in [-0.05, 0) is 4.92 Å². The summed E-state index contributed by atoms with van der Waals surface area (Å²) in [5.74, 6) is 0.0985. The summed E-state index contributed by atoms with van der Waals surface area (Å²) in [7, 11) is 1.35. The Balaban J connectivity index is 2.62. The number of imidazole rings is 1. The van der Waals surface area contributed by atoms with Crippen molar-refractivity contribution in [2.24, 2.45) is 0 Å². The van der Waals surface area contributed by atoms with Crippen LogP contribution in [0.25, 0.3) is 0 Å². The predicted molar refractivity (Wildman–Crippen MR) is 46.9 cm³/mol. The smallest absolute Gasteiger partial charge is 0.340 e. The average Bonchev–Trinajstić information content (AvgIpc) is 2.65. The molecular formula is C7H9N3O5. The number of nitrogens with one attached hydrogen (secondary N) is 1. The molecule has 0 bridgehead atoms. The van der Waals surface area contributed by atoms with Gasteiger partial charge in [0, 0.05) is 7.11 Å². The first-order chi connectivity index (χ1) is 7.17. The van der Waals surface area contributed by atoms with Gasteiger partial charge >= 0.3 is 5.82 Å². The van der Waals surface area contributed by atoms with Crippen molar-refractivity contribution in [2.45, 2.75) is 12.7 Å². The van der Waals surface area contributed by atoms with Gasteiger partial charge in [0.15, 0.2) is 0 Å². The molecule has 15 heavy (non-hydrogen) atoms. The van der Waals surface area contributed by atoms with E-state index in [0.717, 1.165) is 6.20 Å². The fourth-order valence-corrected chi connectivity index (χ4v) is 0.955. The number of carbonyl (C=O) groups excluding carboxylic acids is 1. The Labute approximate surface area is 84.4 Å². The number of methoxy groups -OCH3 is 1. The number of H-pyrrole nitrogens is 1. The first kappa shape index (κ1) is 11.1. The van der Waals surface area contributed by atoms with E-state index in [2.05, 4.69) is 14.7 Å². The molecule has 0 aromatic carbocycles. The molecule has 8 nitrogen and oxygen atoms in total. The summed E-state index contributed by atoms with van der Waals surface area (Å²) in [5, 5.41) is 10.3. The fourth-order valence-electron chi connectivity index (χ4n) is 0.955. The molecule has 0 radical (unpaired) electrons. The highest BCUT2D eigenvalue weighted by atomic mass is 16.7. The minimum absolute atomic E-state index is 0.128. The van der Waals surface area contributed by atoms with Crippen molar-refractivity contribution >= 4 is 12.3 Å². The van der Waals surface area contributed by atoms with Gasteiger partial charge in [-0.3, -0.25) is 4.79 Å². The summed E-state index contributed by atoms with van der Waals surface area (Å²) in [6.45, 7) is 0.242. The molecule has 1 heterocycles. The van der Waals surface area contributed by atoms with Crippen LogP contribution in [0.1, 0.15) is 5.82 Å². The summed E-state index contributed by atoms with van der Waals surface area (Å²) >= 11 is 0. The second-order valence-electron chi connectivity index (χ2n) is 2.57. The second-order valence-corrected chi connectivity index (χ2v) is 2.57. The summed E-state index contributed by atoms with van der Waals surface area (Å²) in [6.07, 6.45) is 0.416. The summed E-state index contributed by atoms with van der Waals surface area (Å²) in [4.78, 5) is 25.9. The SMILES string of the molecule is COC(Cc1ncc([N+](=O)[O-])[nH]1)OC=O. The number of carbonyl (C=O) groups is 1. The van der Waals surface area contributed by atoms with Gasteiger partial charge in [-0.1, -0.05) is 0 Å². The molecule has 0 fully saturated rings. The molecule has 0 aliphatic heterocycles. The number of hydrogen-bond donors (Lipinski definition) is 1. The van der Waals surface area contributed by atoms with E-state index in [4.69, 9.17) is 4.74 Å². The van der Waals surface area contributed by atoms with Crippen LogP contribution < -0.4 is 0 Å². The maximum absolute atomic E-state index is 10.3. The topological polar surface area (TPSA) is 107 Å². The Morgan fingerprint density at radius 1 is 1.80 bits per heavy atom. The molecule has 8 heteroatoms. The summed E-state index contributed by atoms with van der Waals surface area (Å²) in [6, 6.07) is 0. The zero-order valence-corrected chi connectivity index (χ0v) is 7.87. The number of hydrogen-bond acceptors (Lipinski definition) is 6. The van der Waals surface area contributed by atoms with E-state index in [0.29, 0.717) is 5.82 Å². The van der Waals surface area contributed by atoms with Gasteiger partial charge < -0.3 is 19.6 Å². The van der Waals surface area contributed by atoms with Crippen molar-refractivity contribution in [3.8, 4) is 0 Å². The summed E-state index contributed by atoms with van der Waals surface area (Å²) in [5.41, 5.74) is 0. The van der Waals surface area contributed by atoms with Gasteiger partial charge in [-0.25, -0.2) is 9.97 Å². The molecule has 0 spiro atoms. The summed E-state index contributed by atoms with van der Waals surface area (Å²) < 4.78 is 9.31. The lowest BCUT2D eigenvalue weighted by molar-refractivity contribution is -0.389. The molecule has 1 aromatic rings. The van der Waals surface area contributed by atoms with Crippen LogP contribution >= 0.6 is 0 Å². The monoisotopic (exact) mass is 215 g/mol. The van der Waals surface area contributed by atoms with E-state index in [-0.39, 0.29) is 18.7 Å². The Morgan fingerprint density at radius 2 is 2.53 bits per heavy atom. The molecule has 82 valence electrons. The first-order valence-electron chi connectivity index (χ1n) is 3.97. The quantitative estimate of drug-likeness (QED) is 0.310. The molecule has 0 saturated carbocycles. The van der Waals surface area contributed by atoms with Crippen LogP contribution in [0.3, 0.4) is 0 Å². The van der Waals surface area contributed by atoms with E-state index >= 15 is 0 Å². The van der Waals surface area contributed by atoms with Crippen molar-refractivity contribution in [3.63, 3.8) is 0 Å². The van der Waals surface area contributed by atoms with Crippen LogP contribution in [-0.2, 0) is 20.7 Å². The standard InChI is InChI=1S/C7H9N3O5/c1-14-7(15-4-11)2-5-8-3-6(9-5)10(12)13/h3-4,7H,2H2,1H3,(H,8,9). The van der Waals surface area contributed by atoms with Crippen molar-refractivity contribution in [2.75, 3.05) is 7.11 Å². The number of nitro groups is 1. The zero-order chi connectivity index (χ0) is 11.3. The van der Waals surface area contributed by atoms with E-state index in [1.165, 1.54) is 7.11 Å². The number of ether oxygens (including phenoxy) is 2. The van der Waals surface area contributed by atoms with Crippen LogP contribution in [0.2, 0.25) is 0 Å². The fraction of sp³-hybridized carbons (Fsp3) is 0.429. The van der Waals surface area contributed by atoms with E-state index < -0.39 is 11.2 Å². The second kappa shape index (κ2) is 5.05. The third-order valence-electron chi connectivity index (χ3n) is 1.64. The van der Waals surface area contributed by atoms with Gasteiger partial charge in [-0.2, -0.15) is 0 Å². The highest BCUT2D eigenvalue weighted by Crippen LogP contribution is 2.08. The highest BCUT2D eigenvalue weighted by Gasteiger charge is 2.16. The molecule has 0 aliphatic rings. The van der Waals surface area contributed by atoms with Gasteiger partial charge in [-0.15, -0.1) is 0 Å². The van der Waals surface area contributed by atoms with E-state index in [1.54, 1.807) is 0 Å². The Morgan fingerprint density at radius 3 is 3.00 bits per heavy atom. The Hall–Kier alpha value is -1.96.